The first kappa shape index (κ1) is 12.8. The summed E-state index contributed by atoms with van der Waals surface area (Å²) in [5.74, 6) is 4.09. The number of aryl methyl sites for hydroxylation is 1. The molecule has 0 aliphatic heterocycles. The normalized spacial score (nSPS) is 11.9. The third-order valence-electron chi connectivity index (χ3n) is 2.40. The van der Waals surface area contributed by atoms with E-state index in [9.17, 15) is 0 Å². The molecule has 1 heterocycles. The van der Waals surface area contributed by atoms with Gasteiger partial charge in [0.05, 0.1) is 0 Å². The standard InChI is InChI=1S/C12H16ClN3/c1-5-7-10(6-2)16-12-8(3)11(13)14-9(4)15-12/h1,10H,6-7H2,2-4H3,(H,14,15,16). The number of terminal acetylenes is 1. The molecule has 0 amide bonds. The lowest BCUT2D eigenvalue weighted by molar-refractivity contribution is 0.709. The van der Waals surface area contributed by atoms with Crippen LogP contribution in [0.2, 0.25) is 5.15 Å². The fourth-order valence-corrected chi connectivity index (χ4v) is 1.58. The van der Waals surface area contributed by atoms with E-state index in [0.29, 0.717) is 17.4 Å². The minimum atomic E-state index is 0.231. The maximum atomic E-state index is 5.99. The zero-order valence-corrected chi connectivity index (χ0v) is 10.6. The Kier molecular flexibility index (Phi) is 4.57. The molecule has 1 N–H and O–H groups in total. The zero-order valence-electron chi connectivity index (χ0n) is 9.84. The predicted octanol–water partition coefficient (Wildman–Crippen LogP) is 2.96. The monoisotopic (exact) mass is 237 g/mol. The summed E-state index contributed by atoms with van der Waals surface area (Å²) in [7, 11) is 0. The average molecular weight is 238 g/mol. The van der Waals surface area contributed by atoms with Crippen molar-refractivity contribution in [2.24, 2.45) is 0 Å². The second-order valence-corrected chi connectivity index (χ2v) is 4.05. The van der Waals surface area contributed by atoms with E-state index in [1.807, 2.05) is 13.8 Å². The van der Waals surface area contributed by atoms with E-state index in [1.54, 1.807) is 0 Å². The second kappa shape index (κ2) is 5.72. The van der Waals surface area contributed by atoms with Crippen LogP contribution in [0.15, 0.2) is 0 Å². The molecule has 1 aromatic rings. The summed E-state index contributed by atoms with van der Waals surface area (Å²) < 4.78 is 0. The predicted molar refractivity (Wildman–Crippen MR) is 67.7 cm³/mol. The molecule has 0 aliphatic rings. The van der Waals surface area contributed by atoms with Crippen molar-refractivity contribution in [2.45, 2.75) is 39.7 Å². The molecule has 3 nitrogen and oxygen atoms in total. The Balaban J connectivity index is 2.92. The quantitative estimate of drug-likeness (QED) is 0.646. The Morgan fingerprint density at radius 2 is 2.12 bits per heavy atom. The van der Waals surface area contributed by atoms with Gasteiger partial charge in [0.25, 0.3) is 0 Å². The smallest absolute Gasteiger partial charge is 0.137 e. The lowest BCUT2D eigenvalue weighted by Crippen LogP contribution is -2.19. The summed E-state index contributed by atoms with van der Waals surface area (Å²) in [6, 6.07) is 0.231. The summed E-state index contributed by atoms with van der Waals surface area (Å²) in [5.41, 5.74) is 0.864. The van der Waals surface area contributed by atoms with E-state index in [2.05, 4.69) is 28.1 Å². The summed E-state index contributed by atoms with van der Waals surface area (Å²) in [6.45, 7) is 5.80. The third kappa shape index (κ3) is 3.11. The average Bonchev–Trinajstić information content (AvgIpc) is 2.24. The maximum Gasteiger partial charge on any atom is 0.137 e. The van der Waals surface area contributed by atoms with Crippen LogP contribution < -0.4 is 5.32 Å². The van der Waals surface area contributed by atoms with Crippen molar-refractivity contribution in [3.05, 3.63) is 16.5 Å². The molecule has 4 heteroatoms. The topological polar surface area (TPSA) is 37.8 Å². The highest BCUT2D eigenvalue weighted by Gasteiger charge is 2.11. The fourth-order valence-electron chi connectivity index (χ4n) is 1.37. The molecule has 0 fully saturated rings. The minimum Gasteiger partial charge on any atom is -0.366 e. The van der Waals surface area contributed by atoms with E-state index < -0.39 is 0 Å². The van der Waals surface area contributed by atoms with E-state index >= 15 is 0 Å². The van der Waals surface area contributed by atoms with Crippen LogP contribution in [-0.4, -0.2) is 16.0 Å². The van der Waals surface area contributed by atoms with Crippen molar-refractivity contribution in [2.75, 3.05) is 5.32 Å². The molecule has 86 valence electrons. The molecule has 0 saturated carbocycles. The largest absolute Gasteiger partial charge is 0.366 e. The SMILES string of the molecule is C#CCC(CC)Nc1nc(C)nc(Cl)c1C. The van der Waals surface area contributed by atoms with E-state index in [-0.39, 0.29) is 6.04 Å². The number of nitrogens with one attached hydrogen (secondary N) is 1. The highest BCUT2D eigenvalue weighted by molar-refractivity contribution is 6.30. The van der Waals surface area contributed by atoms with Crippen molar-refractivity contribution in [3.63, 3.8) is 0 Å². The van der Waals surface area contributed by atoms with Gasteiger partial charge in [-0.05, 0) is 20.3 Å². The number of hydrogen-bond acceptors (Lipinski definition) is 3. The Labute approximate surface area is 102 Å². The lowest BCUT2D eigenvalue weighted by Gasteiger charge is -2.17. The van der Waals surface area contributed by atoms with Gasteiger partial charge < -0.3 is 5.32 Å². The first-order chi connectivity index (χ1) is 7.58. The molecule has 0 aliphatic carbocycles. The summed E-state index contributed by atoms with van der Waals surface area (Å²) in [6.07, 6.45) is 6.93. The van der Waals surface area contributed by atoms with Crippen LogP contribution in [0.5, 0.6) is 0 Å². The molecule has 1 atom stereocenters. The molecule has 1 rings (SSSR count). The molecule has 0 aromatic carbocycles. The lowest BCUT2D eigenvalue weighted by atomic mass is 10.1. The molecular weight excluding hydrogens is 222 g/mol. The van der Waals surface area contributed by atoms with E-state index in [0.717, 1.165) is 17.8 Å². The van der Waals surface area contributed by atoms with Gasteiger partial charge in [0.2, 0.25) is 0 Å². The third-order valence-corrected chi connectivity index (χ3v) is 2.76. The summed E-state index contributed by atoms with van der Waals surface area (Å²) in [5, 5.41) is 3.79. The van der Waals surface area contributed by atoms with Crippen LogP contribution in [0.25, 0.3) is 0 Å². The maximum absolute atomic E-state index is 5.99. The number of anilines is 1. The molecule has 16 heavy (non-hydrogen) atoms. The van der Waals surface area contributed by atoms with Crippen LogP contribution in [0.1, 0.15) is 31.2 Å². The van der Waals surface area contributed by atoms with Crippen molar-refractivity contribution >= 4 is 17.4 Å². The first-order valence-electron chi connectivity index (χ1n) is 5.29. The van der Waals surface area contributed by atoms with Gasteiger partial charge in [-0.2, -0.15) is 0 Å². The van der Waals surface area contributed by atoms with Crippen molar-refractivity contribution in [1.82, 2.24) is 9.97 Å². The highest BCUT2D eigenvalue weighted by Crippen LogP contribution is 2.21. The Morgan fingerprint density at radius 3 is 2.69 bits per heavy atom. The van der Waals surface area contributed by atoms with Crippen LogP contribution in [0, 0.1) is 26.2 Å². The van der Waals surface area contributed by atoms with Crippen molar-refractivity contribution in [1.29, 1.82) is 0 Å². The molecule has 0 spiro atoms. The number of aromatic nitrogens is 2. The Hall–Kier alpha value is -1.27. The van der Waals surface area contributed by atoms with Gasteiger partial charge in [-0.25, -0.2) is 9.97 Å². The molecule has 1 aromatic heterocycles. The summed E-state index contributed by atoms with van der Waals surface area (Å²) >= 11 is 5.99. The Bertz CT molecular complexity index is 409. The zero-order chi connectivity index (χ0) is 12.1. The number of halogens is 1. The van der Waals surface area contributed by atoms with Gasteiger partial charge in [-0.15, -0.1) is 12.3 Å². The van der Waals surface area contributed by atoms with Crippen LogP contribution >= 0.6 is 11.6 Å². The molecule has 0 bridgehead atoms. The fraction of sp³-hybridized carbons (Fsp3) is 0.500. The number of nitrogens with zero attached hydrogens (tertiary/aromatic N) is 2. The van der Waals surface area contributed by atoms with Crippen LogP contribution in [-0.2, 0) is 0 Å². The Morgan fingerprint density at radius 1 is 1.44 bits per heavy atom. The second-order valence-electron chi connectivity index (χ2n) is 3.69. The molecule has 1 unspecified atom stereocenters. The van der Waals surface area contributed by atoms with Crippen LogP contribution in [0.3, 0.4) is 0 Å². The van der Waals surface area contributed by atoms with E-state index in [1.165, 1.54) is 0 Å². The van der Waals surface area contributed by atoms with Gasteiger partial charge in [-0.1, -0.05) is 18.5 Å². The highest BCUT2D eigenvalue weighted by atomic mass is 35.5. The van der Waals surface area contributed by atoms with Gasteiger partial charge in [0.1, 0.15) is 16.8 Å². The van der Waals surface area contributed by atoms with Gasteiger partial charge in [0, 0.05) is 18.0 Å². The van der Waals surface area contributed by atoms with Crippen molar-refractivity contribution in [3.8, 4) is 12.3 Å². The number of hydrogen-bond donors (Lipinski definition) is 1. The van der Waals surface area contributed by atoms with Gasteiger partial charge in [-0.3, -0.25) is 0 Å². The first-order valence-corrected chi connectivity index (χ1v) is 5.67. The minimum absolute atomic E-state index is 0.231. The molecule has 0 saturated heterocycles. The van der Waals surface area contributed by atoms with Crippen LogP contribution in [0.4, 0.5) is 5.82 Å². The number of rotatable bonds is 4. The molecular formula is C12H16ClN3. The van der Waals surface area contributed by atoms with Gasteiger partial charge in [0.15, 0.2) is 0 Å². The van der Waals surface area contributed by atoms with Gasteiger partial charge >= 0.3 is 0 Å². The van der Waals surface area contributed by atoms with Crippen molar-refractivity contribution < 1.29 is 0 Å². The molecule has 0 radical (unpaired) electrons. The van der Waals surface area contributed by atoms with E-state index in [4.69, 9.17) is 18.0 Å². The summed E-state index contributed by atoms with van der Waals surface area (Å²) in [4.78, 5) is 8.42.